The first-order valence-corrected chi connectivity index (χ1v) is 6.82. The number of benzene rings is 2. The molecule has 0 fully saturated rings. The molecule has 0 saturated carbocycles. The fourth-order valence-corrected chi connectivity index (χ4v) is 2.11. The Hall–Kier alpha value is -2.04. The van der Waals surface area contributed by atoms with Gasteiger partial charge in [-0.1, -0.05) is 41.9 Å². The minimum atomic E-state index is -1.13. The lowest BCUT2D eigenvalue weighted by molar-refractivity contribution is -0.120. The summed E-state index contributed by atoms with van der Waals surface area (Å²) in [6, 6.07) is 14.2. The summed E-state index contributed by atoms with van der Waals surface area (Å²) in [6.45, 7) is 1.67. The Morgan fingerprint density at radius 2 is 1.90 bits per heavy atom. The second-order valence-corrected chi connectivity index (χ2v) is 5.28. The Morgan fingerprint density at radius 3 is 2.52 bits per heavy atom. The number of nitrogens with one attached hydrogen (secondary N) is 1. The molecule has 1 amide bonds. The molecule has 0 aliphatic rings. The van der Waals surface area contributed by atoms with Gasteiger partial charge in [0.15, 0.2) is 0 Å². The number of hydrogen-bond donors (Lipinski definition) is 2. The van der Waals surface area contributed by atoms with Crippen molar-refractivity contribution in [2.75, 3.05) is 12.4 Å². The summed E-state index contributed by atoms with van der Waals surface area (Å²) in [7, 11) is 1.52. The van der Waals surface area contributed by atoms with Gasteiger partial charge in [0.05, 0.1) is 12.1 Å². The zero-order valence-corrected chi connectivity index (χ0v) is 12.6. The van der Waals surface area contributed by atoms with E-state index in [2.05, 4.69) is 5.32 Å². The highest BCUT2D eigenvalue weighted by atomic mass is 35.5. The molecule has 0 aliphatic carbocycles. The Kier molecular flexibility index (Phi) is 4.50. The molecule has 0 aliphatic heterocycles. The molecule has 0 radical (unpaired) electrons. The molecule has 5 heteroatoms. The van der Waals surface area contributed by atoms with Crippen molar-refractivity contribution in [1.29, 1.82) is 0 Å². The topological polar surface area (TPSA) is 64.3 Å². The molecular weight excluding hydrogens is 288 g/mol. The van der Waals surface area contributed by atoms with E-state index in [9.17, 15) is 4.79 Å². The zero-order valence-electron chi connectivity index (χ0n) is 11.9. The van der Waals surface area contributed by atoms with E-state index >= 15 is 0 Å². The number of halogens is 1. The molecule has 1 atom stereocenters. The van der Waals surface area contributed by atoms with Crippen LogP contribution in [0.3, 0.4) is 0 Å². The van der Waals surface area contributed by atoms with Crippen LogP contribution >= 0.6 is 11.6 Å². The number of carbonyl (C=O) groups is 1. The lowest BCUT2D eigenvalue weighted by Gasteiger charge is -2.24. The molecule has 2 aromatic rings. The van der Waals surface area contributed by atoms with Gasteiger partial charge in [-0.15, -0.1) is 0 Å². The first-order chi connectivity index (χ1) is 9.95. The Balaban J connectivity index is 2.21. The van der Waals surface area contributed by atoms with E-state index in [1.165, 1.54) is 7.11 Å². The number of methoxy groups -OCH3 is 1. The van der Waals surface area contributed by atoms with Crippen molar-refractivity contribution in [2.45, 2.75) is 12.5 Å². The molecule has 110 valence electrons. The predicted molar refractivity (Wildman–Crippen MR) is 84.6 cm³/mol. The third kappa shape index (κ3) is 3.35. The van der Waals surface area contributed by atoms with Gasteiger partial charge in [-0.3, -0.25) is 4.79 Å². The van der Waals surface area contributed by atoms with Crippen molar-refractivity contribution >= 4 is 23.2 Å². The van der Waals surface area contributed by atoms with Gasteiger partial charge in [-0.25, -0.2) is 0 Å². The van der Waals surface area contributed by atoms with Crippen LogP contribution in [-0.2, 0) is 10.3 Å². The highest BCUT2D eigenvalue weighted by Crippen LogP contribution is 2.28. The van der Waals surface area contributed by atoms with Crippen LogP contribution in [0.5, 0.6) is 5.75 Å². The van der Waals surface area contributed by atoms with Gasteiger partial charge >= 0.3 is 0 Å². The maximum Gasteiger partial charge on any atom is 0.248 e. The minimum Gasteiger partial charge on any atom is -0.495 e. The molecule has 0 aromatic heterocycles. The maximum absolute atomic E-state index is 12.4. The van der Waals surface area contributed by atoms with Gasteiger partial charge in [0.1, 0.15) is 11.3 Å². The summed E-state index contributed by atoms with van der Waals surface area (Å²) < 4.78 is 5.12. The number of amides is 1. The molecule has 3 N–H and O–H groups in total. The molecule has 21 heavy (non-hydrogen) atoms. The van der Waals surface area contributed by atoms with Gasteiger partial charge in [0.2, 0.25) is 5.91 Å². The van der Waals surface area contributed by atoms with Crippen molar-refractivity contribution in [3.8, 4) is 5.75 Å². The SMILES string of the molecule is COc1cc(NC(=O)C(C)(N)c2ccccc2)ccc1Cl. The molecule has 2 rings (SSSR count). The van der Waals surface area contributed by atoms with Crippen LogP contribution in [0.2, 0.25) is 5.02 Å². The standard InChI is InChI=1S/C16H17ClN2O2/c1-16(18,11-6-4-3-5-7-11)15(20)19-12-8-9-13(17)14(10-12)21-2/h3-10H,18H2,1-2H3,(H,19,20). The second kappa shape index (κ2) is 6.16. The summed E-state index contributed by atoms with van der Waals surface area (Å²) in [6.07, 6.45) is 0. The number of ether oxygens (including phenoxy) is 1. The van der Waals surface area contributed by atoms with Crippen LogP contribution < -0.4 is 15.8 Å². The molecule has 1 unspecified atom stereocenters. The van der Waals surface area contributed by atoms with E-state index in [1.54, 1.807) is 25.1 Å². The van der Waals surface area contributed by atoms with Gasteiger partial charge in [-0.05, 0) is 24.6 Å². The number of hydrogen-bond acceptors (Lipinski definition) is 3. The lowest BCUT2D eigenvalue weighted by Crippen LogP contribution is -2.45. The van der Waals surface area contributed by atoms with Crippen molar-refractivity contribution in [2.24, 2.45) is 5.73 Å². The van der Waals surface area contributed by atoms with Gasteiger partial charge in [0.25, 0.3) is 0 Å². The van der Waals surface area contributed by atoms with E-state index in [4.69, 9.17) is 22.1 Å². The largest absolute Gasteiger partial charge is 0.495 e. The van der Waals surface area contributed by atoms with E-state index in [1.807, 2.05) is 30.3 Å². The fraction of sp³-hybridized carbons (Fsp3) is 0.188. The zero-order chi connectivity index (χ0) is 15.5. The summed E-state index contributed by atoms with van der Waals surface area (Å²) >= 11 is 5.96. The first kappa shape index (κ1) is 15.4. The average molecular weight is 305 g/mol. The first-order valence-electron chi connectivity index (χ1n) is 6.44. The normalized spacial score (nSPS) is 13.3. The Morgan fingerprint density at radius 1 is 1.24 bits per heavy atom. The van der Waals surface area contributed by atoms with E-state index < -0.39 is 5.54 Å². The summed E-state index contributed by atoms with van der Waals surface area (Å²) in [5, 5.41) is 3.26. The Bertz CT molecular complexity index is 642. The molecular formula is C16H17ClN2O2. The van der Waals surface area contributed by atoms with Crippen LogP contribution in [0.4, 0.5) is 5.69 Å². The quantitative estimate of drug-likeness (QED) is 0.912. The second-order valence-electron chi connectivity index (χ2n) is 4.87. The van der Waals surface area contributed by atoms with Crippen molar-refractivity contribution in [3.05, 3.63) is 59.1 Å². The van der Waals surface area contributed by atoms with Crippen LogP contribution in [0, 0.1) is 0 Å². The fourth-order valence-electron chi connectivity index (χ4n) is 1.91. The van der Waals surface area contributed by atoms with Gasteiger partial charge < -0.3 is 15.8 Å². The Labute approximate surface area is 128 Å². The van der Waals surface area contributed by atoms with Crippen molar-refractivity contribution < 1.29 is 9.53 Å². The van der Waals surface area contributed by atoms with Gasteiger partial charge in [0, 0.05) is 11.8 Å². The molecule has 4 nitrogen and oxygen atoms in total. The highest BCUT2D eigenvalue weighted by Gasteiger charge is 2.30. The average Bonchev–Trinajstić information content (AvgIpc) is 2.50. The maximum atomic E-state index is 12.4. The predicted octanol–water partition coefficient (Wildman–Crippen LogP) is 3.16. The van der Waals surface area contributed by atoms with E-state index in [0.29, 0.717) is 16.5 Å². The van der Waals surface area contributed by atoms with Gasteiger partial charge in [-0.2, -0.15) is 0 Å². The monoisotopic (exact) mass is 304 g/mol. The van der Waals surface area contributed by atoms with Crippen molar-refractivity contribution in [1.82, 2.24) is 0 Å². The van der Waals surface area contributed by atoms with Crippen LogP contribution in [0.25, 0.3) is 0 Å². The highest BCUT2D eigenvalue weighted by molar-refractivity contribution is 6.32. The van der Waals surface area contributed by atoms with Crippen LogP contribution in [0.1, 0.15) is 12.5 Å². The molecule has 2 aromatic carbocycles. The summed E-state index contributed by atoms with van der Waals surface area (Å²) in [5.74, 6) is 0.186. The van der Waals surface area contributed by atoms with E-state index in [-0.39, 0.29) is 5.91 Å². The lowest BCUT2D eigenvalue weighted by atomic mass is 9.92. The van der Waals surface area contributed by atoms with Crippen LogP contribution in [-0.4, -0.2) is 13.0 Å². The molecule has 0 bridgehead atoms. The molecule has 0 spiro atoms. The number of nitrogens with two attached hydrogens (primary N) is 1. The smallest absolute Gasteiger partial charge is 0.248 e. The third-order valence-electron chi connectivity index (χ3n) is 3.25. The minimum absolute atomic E-state index is 0.307. The number of rotatable bonds is 4. The summed E-state index contributed by atoms with van der Waals surface area (Å²) in [4.78, 5) is 12.4. The van der Waals surface area contributed by atoms with Crippen LogP contribution in [0.15, 0.2) is 48.5 Å². The third-order valence-corrected chi connectivity index (χ3v) is 3.57. The number of anilines is 1. The summed E-state index contributed by atoms with van der Waals surface area (Å²) in [5.41, 5.74) is 6.35. The number of carbonyl (C=O) groups excluding carboxylic acids is 1. The molecule has 0 saturated heterocycles. The molecule has 0 heterocycles. The van der Waals surface area contributed by atoms with E-state index in [0.717, 1.165) is 5.56 Å². The van der Waals surface area contributed by atoms with Crippen molar-refractivity contribution in [3.63, 3.8) is 0 Å².